The standard InChI is InChI=1S/C15H19N9O/c1-9-12(23-7-6-16-10(23)2)4-5-13-17-15(20-24(9)13)18-14(25)11-8-22(3)21-19-11/h6-9,12H,4-5H2,1-3H3,(H,18,20,25). The van der Waals surface area contributed by atoms with Gasteiger partial charge in [-0.1, -0.05) is 5.21 Å². The molecular weight excluding hydrogens is 322 g/mol. The molecule has 0 spiro atoms. The van der Waals surface area contributed by atoms with Gasteiger partial charge in [0.15, 0.2) is 5.69 Å². The number of hydrogen-bond donors (Lipinski definition) is 1. The molecule has 3 aromatic rings. The van der Waals surface area contributed by atoms with Gasteiger partial charge in [-0.05, 0) is 20.3 Å². The minimum absolute atomic E-state index is 0.117. The Morgan fingerprint density at radius 2 is 2.24 bits per heavy atom. The van der Waals surface area contributed by atoms with Crippen LogP contribution in [-0.4, -0.2) is 45.2 Å². The van der Waals surface area contributed by atoms with Crippen LogP contribution >= 0.6 is 0 Å². The summed E-state index contributed by atoms with van der Waals surface area (Å²) in [5.41, 5.74) is 0.232. The molecule has 25 heavy (non-hydrogen) atoms. The van der Waals surface area contributed by atoms with Crippen LogP contribution in [0.2, 0.25) is 0 Å². The molecule has 0 saturated carbocycles. The number of nitrogens with zero attached hydrogens (tertiary/aromatic N) is 8. The fourth-order valence-corrected chi connectivity index (χ4v) is 3.31. The minimum atomic E-state index is -0.370. The van der Waals surface area contributed by atoms with Gasteiger partial charge < -0.3 is 4.57 Å². The monoisotopic (exact) mass is 341 g/mol. The topological polar surface area (TPSA) is 108 Å². The van der Waals surface area contributed by atoms with Crippen molar-refractivity contribution in [2.45, 2.75) is 38.8 Å². The molecule has 1 amide bonds. The lowest BCUT2D eigenvalue weighted by molar-refractivity contribution is 0.102. The number of rotatable bonds is 3. The van der Waals surface area contributed by atoms with E-state index in [0.29, 0.717) is 5.95 Å². The zero-order valence-electron chi connectivity index (χ0n) is 14.3. The number of amides is 1. The van der Waals surface area contributed by atoms with E-state index >= 15 is 0 Å². The quantitative estimate of drug-likeness (QED) is 0.758. The highest BCUT2D eigenvalue weighted by Gasteiger charge is 2.30. The Morgan fingerprint density at radius 1 is 1.40 bits per heavy atom. The van der Waals surface area contributed by atoms with Crippen molar-refractivity contribution in [3.63, 3.8) is 0 Å². The summed E-state index contributed by atoms with van der Waals surface area (Å²) < 4.78 is 5.54. The molecule has 2 atom stereocenters. The molecule has 1 N–H and O–H groups in total. The second-order valence-corrected chi connectivity index (χ2v) is 6.26. The molecule has 0 aromatic carbocycles. The van der Waals surface area contributed by atoms with Crippen LogP contribution in [0.15, 0.2) is 18.6 Å². The molecule has 4 heterocycles. The first kappa shape index (κ1) is 15.5. The van der Waals surface area contributed by atoms with Crippen LogP contribution in [0.5, 0.6) is 0 Å². The van der Waals surface area contributed by atoms with Crippen molar-refractivity contribution in [1.29, 1.82) is 0 Å². The van der Waals surface area contributed by atoms with Gasteiger partial charge in [-0.25, -0.2) is 9.67 Å². The lowest BCUT2D eigenvalue weighted by Crippen LogP contribution is -2.28. The van der Waals surface area contributed by atoms with Crippen molar-refractivity contribution in [3.8, 4) is 0 Å². The van der Waals surface area contributed by atoms with Crippen molar-refractivity contribution >= 4 is 11.9 Å². The fraction of sp³-hybridized carbons (Fsp3) is 0.467. The third-order valence-electron chi connectivity index (χ3n) is 4.59. The fourth-order valence-electron chi connectivity index (χ4n) is 3.31. The number of fused-ring (bicyclic) bond motifs is 1. The molecule has 1 aliphatic rings. The normalized spacial score (nSPS) is 19.6. The SMILES string of the molecule is Cc1nccn1C1CCc2nc(NC(=O)c3cn(C)nn3)nn2C1C. The van der Waals surface area contributed by atoms with Crippen molar-refractivity contribution in [3.05, 3.63) is 35.9 Å². The molecule has 0 bridgehead atoms. The highest BCUT2D eigenvalue weighted by Crippen LogP contribution is 2.33. The average molecular weight is 341 g/mol. The van der Waals surface area contributed by atoms with E-state index in [1.165, 1.54) is 4.68 Å². The maximum atomic E-state index is 12.2. The number of anilines is 1. The Bertz CT molecular complexity index is 921. The van der Waals surface area contributed by atoms with Crippen molar-refractivity contribution in [1.82, 2.24) is 39.3 Å². The van der Waals surface area contributed by atoms with Crippen molar-refractivity contribution in [2.24, 2.45) is 7.05 Å². The van der Waals surface area contributed by atoms with Crippen LogP contribution in [0.4, 0.5) is 5.95 Å². The van der Waals surface area contributed by atoms with Gasteiger partial charge in [0.25, 0.3) is 5.91 Å². The lowest BCUT2D eigenvalue weighted by atomic mass is 10.00. The van der Waals surface area contributed by atoms with Gasteiger partial charge in [-0.15, -0.1) is 10.2 Å². The van der Waals surface area contributed by atoms with Crippen molar-refractivity contribution < 1.29 is 4.79 Å². The lowest BCUT2D eigenvalue weighted by Gasteiger charge is -2.31. The summed E-state index contributed by atoms with van der Waals surface area (Å²) in [7, 11) is 1.71. The maximum absolute atomic E-state index is 12.2. The molecule has 0 radical (unpaired) electrons. The molecular formula is C15H19N9O. The Kier molecular flexibility index (Phi) is 3.59. The summed E-state index contributed by atoms with van der Waals surface area (Å²) in [5.74, 6) is 1.78. The van der Waals surface area contributed by atoms with E-state index in [9.17, 15) is 4.79 Å². The Balaban J connectivity index is 1.56. The first-order valence-electron chi connectivity index (χ1n) is 8.15. The van der Waals surface area contributed by atoms with Crippen LogP contribution in [0.3, 0.4) is 0 Å². The third kappa shape index (κ3) is 2.69. The van der Waals surface area contributed by atoms with Crippen LogP contribution in [0.25, 0.3) is 0 Å². The first-order valence-corrected chi connectivity index (χ1v) is 8.15. The molecule has 130 valence electrons. The van der Waals surface area contributed by atoms with Gasteiger partial charge in [-0.2, -0.15) is 4.98 Å². The molecule has 2 unspecified atom stereocenters. The summed E-state index contributed by atoms with van der Waals surface area (Å²) in [5, 5.41) is 14.7. The molecule has 4 rings (SSSR count). The van der Waals surface area contributed by atoms with Crippen LogP contribution in [0.1, 0.15) is 47.6 Å². The molecule has 0 fully saturated rings. The smallest absolute Gasteiger partial charge is 0.280 e. The number of nitrogens with one attached hydrogen (secondary N) is 1. The number of hydrogen-bond acceptors (Lipinski definition) is 6. The summed E-state index contributed by atoms with van der Waals surface area (Å²) in [6, 6.07) is 0.381. The van der Waals surface area contributed by atoms with Gasteiger partial charge in [0.05, 0.1) is 18.3 Å². The Labute approximate surface area is 143 Å². The predicted molar refractivity (Wildman–Crippen MR) is 88.0 cm³/mol. The first-order chi connectivity index (χ1) is 12.0. The number of imidazole rings is 1. The summed E-state index contributed by atoms with van der Waals surface area (Å²) in [6.45, 7) is 4.10. The van der Waals surface area contributed by atoms with E-state index in [0.717, 1.165) is 24.5 Å². The largest absolute Gasteiger partial charge is 0.330 e. The van der Waals surface area contributed by atoms with Gasteiger partial charge in [0, 0.05) is 25.9 Å². The number of carbonyl (C=O) groups is 1. The molecule has 0 aliphatic carbocycles. The molecule has 10 nitrogen and oxygen atoms in total. The minimum Gasteiger partial charge on any atom is -0.330 e. The number of carbonyl (C=O) groups excluding carboxylic acids is 1. The van der Waals surface area contributed by atoms with Crippen LogP contribution in [0, 0.1) is 6.92 Å². The Morgan fingerprint density at radius 3 is 2.92 bits per heavy atom. The summed E-state index contributed by atoms with van der Waals surface area (Å²) in [6.07, 6.45) is 7.10. The van der Waals surface area contributed by atoms with Gasteiger partial charge >= 0.3 is 0 Å². The third-order valence-corrected chi connectivity index (χ3v) is 4.59. The Hall–Kier alpha value is -3.04. The molecule has 3 aromatic heterocycles. The summed E-state index contributed by atoms with van der Waals surface area (Å²) in [4.78, 5) is 20.9. The van der Waals surface area contributed by atoms with Gasteiger partial charge in [0.2, 0.25) is 5.95 Å². The van der Waals surface area contributed by atoms with E-state index < -0.39 is 0 Å². The second-order valence-electron chi connectivity index (χ2n) is 6.26. The zero-order chi connectivity index (χ0) is 17.6. The van der Waals surface area contributed by atoms with Crippen LogP contribution < -0.4 is 5.32 Å². The van der Waals surface area contributed by atoms with Gasteiger partial charge in [-0.3, -0.25) is 14.8 Å². The molecule has 1 aliphatic heterocycles. The molecule has 0 saturated heterocycles. The van der Waals surface area contributed by atoms with Crippen molar-refractivity contribution in [2.75, 3.05) is 5.32 Å². The van der Waals surface area contributed by atoms with Gasteiger partial charge in [0.1, 0.15) is 11.6 Å². The number of aryl methyl sites for hydroxylation is 3. The summed E-state index contributed by atoms with van der Waals surface area (Å²) >= 11 is 0. The van der Waals surface area contributed by atoms with E-state index in [2.05, 4.69) is 42.2 Å². The van der Waals surface area contributed by atoms with Crippen LogP contribution in [-0.2, 0) is 13.5 Å². The second kappa shape index (κ2) is 5.80. The predicted octanol–water partition coefficient (Wildman–Crippen LogP) is 0.912. The van der Waals surface area contributed by atoms with E-state index in [-0.39, 0.29) is 23.7 Å². The highest BCUT2D eigenvalue weighted by molar-refractivity contribution is 6.01. The van der Waals surface area contributed by atoms with E-state index in [1.807, 2.05) is 24.0 Å². The number of aromatic nitrogens is 8. The zero-order valence-corrected chi connectivity index (χ0v) is 14.3. The average Bonchev–Trinajstić information content (AvgIpc) is 3.28. The van der Waals surface area contributed by atoms with E-state index in [4.69, 9.17) is 0 Å². The van der Waals surface area contributed by atoms with E-state index in [1.54, 1.807) is 13.2 Å². The highest BCUT2D eigenvalue weighted by atomic mass is 16.2. The maximum Gasteiger partial charge on any atom is 0.280 e. The molecule has 10 heteroatoms.